The minimum absolute atomic E-state index is 0.155. The number of fused-ring (bicyclic) bond motifs is 1. The molecule has 1 fully saturated rings. The van der Waals surface area contributed by atoms with Crippen LogP contribution in [0.15, 0.2) is 27.8 Å². The fourth-order valence-electron chi connectivity index (χ4n) is 4.96. The molecule has 1 amide bonds. The van der Waals surface area contributed by atoms with Crippen molar-refractivity contribution >= 4 is 40.8 Å². The largest absolute Gasteiger partial charge is 0.465 e. The molecule has 1 atom stereocenters. The third-order valence-corrected chi connectivity index (χ3v) is 7.09. The number of benzene rings is 1. The summed E-state index contributed by atoms with van der Waals surface area (Å²) in [5.74, 6) is 5.69. The summed E-state index contributed by atoms with van der Waals surface area (Å²) < 4.78 is 14.4. The van der Waals surface area contributed by atoms with E-state index in [4.69, 9.17) is 26.1 Å². The van der Waals surface area contributed by atoms with Gasteiger partial charge >= 0.3 is 17.8 Å². The van der Waals surface area contributed by atoms with Crippen LogP contribution in [0.5, 0.6) is 0 Å². The van der Waals surface area contributed by atoms with Gasteiger partial charge in [-0.1, -0.05) is 23.6 Å². The highest BCUT2D eigenvalue weighted by Crippen LogP contribution is 2.24. The topological polar surface area (TPSA) is 130 Å². The summed E-state index contributed by atoms with van der Waals surface area (Å²) in [7, 11) is 2.78. The number of imidazole rings is 1. The van der Waals surface area contributed by atoms with E-state index in [1.165, 1.54) is 17.7 Å². The smallest absolute Gasteiger partial charge is 0.407 e. The summed E-state index contributed by atoms with van der Waals surface area (Å²) in [6.45, 7) is 8.14. The van der Waals surface area contributed by atoms with Crippen molar-refractivity contribution in [3.8, 4) is 11.8 Å². The summed E-state index contributed by atoms with van der Waals surface area (Å²) >= 11 is 6.10. The van der Waals surface area contributed by atoms with E-state index < -0.39 is 28.9 Å². The fraction of sp³-hybridized carbons (Fsp3) is 0.483. The lowest BCUT2D eigenvalue weighted by molar-refractivity contribution is 0.0498. The molecule has 0 saturated carbocycles. The van der Waals surface area contributed by atoms with E-state index in [2.05, 4.69) is 17.2 Å². The van der Waals surface area contributed by atoms with E-state index in [0.717, 1.165) is 17.4 Å². The van der Waals surface area contributed by atoms with Gasteiger partial charge < -0.3 is 19.7 Å². The van der Waals surface area contributed by atoms with Crippen LogP contribution in [0.3, 0.4) is 0 Å². The number of anilines is 1. The molecule has 0 radical (unpaired) electrons. The van der Waals surface area contributed by atoms with Crippen LogP contribution in [-0.4, -0.2) is 62.6 Å². The maximum absolute atomic E-state index is 14.0. The molecule has 13 heteroatoms. The maximum Gasteiger partial charge on any atom is 0.407 e. The number of halogens is 1. The van der Waals surface area contributed by atoms with Crippen LogP contribution in [0.1, 0.15) is 56.5 Å². The Hall–Kier alpha value is -4.24. The molecule has 12 nitrogen and oxygen atoms in total. The van der Waals surface area contributed by atoms with Crippen LogP contribution in [0.2, 0.25) is 5.02 Å². The molecular weight excluding hydrogens is 564 g/mol. The molecule has 0 unspecified atom stereocenters. The van der Waals surface area contributed by atoms with Crippen LogP contribution >= 0.6 is 11.6 Å². The maximum atomic E-state index is 14.0. The highest BCUT2D eigenvalue weighted by Gasteiger charge is 2.29. The highest BCUT2D eigenvalue weighted by atomic mass is 35.5. The number of esters is 1. The summed E-state index contributed by atoms with van der Waals surface area (Å²) in [6.07, 6.45) is 1.01. The average molecular weight is 599 g/mol. The van der Waals surface area contributed by atoms with Crippen LogP contribution < -0.4 is 21.5 Å². The zero-order valence-corrected chi connectivity index (χ0v) is 25.4. The molecule has 0 spiro atoms. The number of rotatable bonds is 6. The first kappa shape index (κ1) is 30.7. The predicted molar refractivity (Wildman–Crippen MR) is 159 cm³/mol. The van der Waals surface area contributed by atoms with Gasteiger partial charge in [0.05, 0.1) is 25.8 Å². The SMILES string of the molecule is CC#CCn1c(N2CCC[C@@H](NC(=O)OC(C)(C)C)C2)nc2c1c(=O)n(Cc1ccc(Cl)cc1C(=O)OC)c(=O)n2C. The summed E-state index contributed by atoms with van der Waals surface area (Å²) in [6, 6.07) is 4.39. The molecule has 0 bridgehead atoms. The molecule has 3 heterocycles. The molecule has 224 valence electrons. The molecule has 1 saturated heterocycles. The van der Waals surface area contributed by atoms with Gasteiger partial charge in [0.25, 0.3) is 5.56 Å². The molecule has 2 aromatic heterocycles. The number of alkyl carbamates (subject to hydrolysis) is 1. The van der Waals surface area contributed by atoms with Crippen molar-refractivity contribution < 1.29 is 19.1 Å². The number of piperidine rings is 1. The van der Waals surface area contributed by atoms with Gasteiger partial charge in [0.15, 0.2) is 11.2 Å². The fourth-order valence-corrected chi connectivity index (χ4v) is 5.13. The van der Waals surface area contributed by atoms with Gasteiger partial charge in [0.1, 0.15) is 5.60 Å². The third-order valence-electron chi connectivity index (χ3n) is 6.86. The Kier molecular flexibility index (Phi) is 9.01. The first-order valence-corrected chi connectivity index (χ1v) is 13.9. The van der Waals surface area contributed by atoms with Crippen molar-refractivity contribution in [2.45, 2.75) is 65.3 Å². The van der Waals surface area contributed by atoms with Crippen molar-refractivity contribution in [1.82, 2.24) is 24.0 Å². The predicted octanol–water partition coefficient (Wildman–Crippen LogP) is 2.90. The number of methoxy groups -OCH3 is 1. The first-order valence-electron chi connectivity index (χ1n) is 13.6. The zero-order chi connectivity index (χ0) is 30.8. The third kappa shape index (κ3) is 6.46. The van der Waals surface area contributed by atoms with Gasteiger partial charge in [0.2, 0.25) is 5.95 Å². The molecule has 42 heavy (non-hydrogen) atoms. The van der Waals surface area contributed by atoms with Gasteiger partial charge in [0, 0.05) is 31.2 Å². The quantitative estimate of drug-likeness (QED) is 0.339. The minimum Gasteiger partial charge on any atom is -0.465 e. The standard InChI is InChI=1S/C29H35ClN6O6/c1-7-8-14-35-22-23(32-26(35)34-13-9-10-20(17-34)31-27(39)42-29(2,3)4)33(5)28(40)36(24(22)37)16-18-11-12-19(30)15-21(18)25(38)41-6/h11-12,15,20H,9-10,13-14,16-17H2,1-6H3,(H,31,39)/t20-/m1/s1. The Morgan fingerprint density at radius 2 is 1.95 bits per heavy atom. The summed E-state index contributed by atoms with van der Waals surface area (Å²) in [5.41, 5.74) is -0.834. The van der Waals surface area contributed by atoms with Gasteiger partial charge in [-0.15, -0.1) is 5.92 Å². The van der Waals surface area contributed by atoms with E-state index in [-0.39, 0.29) is 35.9 Å². The Morgan fingerprint density at radius 1 is 1.21 bits per heavy atom. The molecule has 1 aliphatic rings. The minimum atomic E-state index is -0.636. The molecule has 1 aromatic carbocycles. The van der Waals surface area contributed by atoms with Gasteiger partial charge in [-0.2, -0.15) is 4.98 Å². The van der Waals surface area contributed by atoms with Crippen LogP contribution in [0, 0.1) is 11.8 Å². The zero-order valence-electron chi connectivity index (χ0n) is 24.6. The van der Waals surface area contributed by atoms with Crippen LogP contribution in [-0.2, 0) is 29.6 Å². The van der Waals surface area contributed by atoms with E-state index in [9.17, 15) is 19.2 Å². The monoisotopic (exact) mass is 598 g/mol. The van der Waals surface area contributed by atoms with Gasteiger partial charge in [-0.25, -0.2) is 14.4 Å². The lowest BCUT2D eigenvalue weighted by Crippen LogP contribution is -2.49. The van der Waals surface area contributed by atoms with Crippen molar-refractivity contribution in [2.75, 3.05) is 25.1 Å². The second-order valence-electron chi connectivity index (χ2n) is 11.1. The Balaban J connectivity index is 1.79. The molecule has 0 aliphatic carbocycles. The number of carbonyl (C=O) groups is 2. The van der Waals surface area contributed by atoms with E-state index in [1.807, 2.05) is 4.90 Å². The highest BCUT2D eigenvalue weighted by molar-refractivity contribution is 6.31. The number of nitrogens with zero attached hydrogens (tertiary/aromatic N) is 5. The Labute approximate surface area is 248 Å². The number of aromatic nitrogens is 4. The summed E-state index contributed by atoms with van der Waals surface area (Å²) in [4.78, 5) is 59.0. The van der Waals surface area contributed by atoms with Crippen molar-refractivity contribution in [3.63, 3.8) is 0 Å². The second kappa shape index (κ2) is 12.3. The first-order chi connectivity index (χ1) is 19.8. The molecule has 1 N–H and O–H groups in total. The molecule has 1 aliphatic heterocycles. The van der Waals surface area contributed by atoms with E-state index >= 15 is 0 Å². The van der Waals surface area contributed by atoms with Crippen molar-refractivity contribution in [3.05, 3.63) is 55.2 Å². The average Bonchev–Trinajstić information content (AvgIpc) is 3.32. The van der Waals surface area contributed by atoms with Crippen molar-refractivity contribution in [1.29, 1.82) is 0 Å². The van der Waals surface area contributed by atoms with E-state index in [1.54, 1.807) is 51.4 Å². The van der Waals surface area contributed by atoms with E-state index in [0.29, 0.717) is 29.6 Å². The van der Waals surface area contributed by atoms with Crippen molar-refractivity contribution in [2.24, 2.45) is 7.05 Å². The van der Waals surface area contributed by atoms with Gasteiger partial charge in [-0.3, -0.25) is 18.5 Å². The second-order valence-corrected chi connectivity index (χ2v) is 11.5. The molecular formula is C29H35ClN6O6. The number of nitrogens with one attached hydrogen (secondary N) is 1. The number of ether oxygens (including phenoxy) is 2. The Morgan fingerprint density at radius 3 is 2.62 bits per heavy atom. The van der Waals surface area contributed by atoms with Crippen LogP contribution in [0.4, 0.5) is 10.7 Å². The van der Waals surface area contributed by atoms with Crippen LogP contribution in [0.25, 0.3) is 11.2 Å². The normalized spacial score (nSPS) is 15.2. The number of carbonyl (C=O) groups excluding carboxylic acids is 2. The number of amides is 1. The lowest BCUT2D eigenvalue weighted by atomic mass is 10.1. The number of aryl methyl sites for hydroxylation is 1. The number of hydrogen-bond donors (Lipinski definition) is 1. The summed E-state index contributed by atoms with van der Waals surface area (Å²) in [5, 5.41) is 3.24. The lowest BCUT2D eigenvalue weighted by Gasteiger charge is -2.34. The number of hydrogen-bond acceptors (Lipinski definition) is 8. The molecule has 4 rings (SSSR count). The Bertz CT molecular complexity index is 1700. The molecule has 3 aromatic rings. The van der Waals surface area contributed by atoms with Gasteiger partial charge in [-0.05, 0) is 58.2 Å².